The Morgan fingerprint density at radius 1 is 1.40 bits per heavy atom. The van der Waals surface area contributed by atoms with Crippen LogP contribution in [0.3, 0.4) is 0 Å². The van der Waals surface area contributed by atoms with Crippen molar-refractivity contribution in [3.05, 3.63) is 29.8 Å². The second kappa shape index (κ2) is 5.44. The topological polar surface area (TPSA) is 81.4 Å². The molecule has 20 heavy (non-hydrogen) atoms. The highest BCUT2D eigenvalue weighted by Gasteiger charge is 2.50. The van der Waals surface area contributed by atoms with Gasteiger partial charge in [0.2, 0.25) is 10.0 Å². The van der Waals surface area contributed by atoms with E-state index in [2.05, 4.69) is 4.72 Å². The molecule has 0 spiro atoms. The molecule has 1 aliphatic rings. The molecule has 0 radical (unpaired) electrons. The van der Waals surface area contributed by atoms with Crippen molar-refractivity contribution in [2.24, 2.45) is 11.1 Å². The van der Waals surface area contributed by atoms with Crippen LogP contribution in [-0.4, -0.2) is 27.7 Å². The van der Waals surface area contributed by atoms with Crippen molar-refractivity contribution in [1.82, 2.24) is 4.72 Å². The minimum atomic E-state index is -3.55. The van der Waals surface area contributed by atoms with Gasteiger partial charge in [0.05, 0.1) is 11.0 Å². The molecule has 1 aromatic carbocycles. The Bertz CT molecular complexity index is 584. The number of rotatable bonds is 5. The van der Waals surface area contributed by atoms with Crippen LogP contribution >= 0.6 is 0 Å². The summed E-state index contributed by atoms with van der Waals surface area (Å²) in [5.41, 5.74) is 6.03. The van der Waals surface area contributed by atoms with Gasteiger partial charge in [-0.2, -0.15) is 0 Å². The molecule has 0 heterocycles. The van der Waals surface area contributed by atoms with E-state index in [4.69, 9.17) is 10.5 Å². The maximum absolute atomic E-state index is 12.5. The van der Waals surface area contributed by atoms with Crippen molar-refractivity contribution in [2.45, 2.75) is 43.9 Å². The highest BCUT2D eigenvalue weighted by atomic mass is 32.2. The van der Waals surface area contributed by atoms with Crippen LogP contribution in [0.5, 0.6) is 0 Å². The molecule has 1 aromatic rings. The summed E-state index contributed by atoms with van der Waals surface area (Å²) in [7, 11) is -1.90. The summed E-state index contributed by atoms with van der Waals surface area (Å²) >= 11 is 0. The SMILES string of the molecule is COC1CC(NS(=O)(=O)c2ccccc2CN)C1(C)C. The minimum Gasteiger partial charge on any atom is -0.381 e. The molecule has 1 fully saturated rings. The maximum atomic E-state index is 12.5. The smallest absolute Gasteiger partial charge is 0.241 e. The average molecular weight is 298 g/mol. The summed E-state index contributed by atoms with van der Waals surface area (Å²) in [6.45, 7) is 4.21. The zero-order chi connectivity index (χ0) is 15.0. The van der Waals surface area contributed by atoms with Gasteiger partial charge < -0.3 is 10.5 Å². The van der Waals surface area contributed by atoms with E-state index in [1.165, 1.54) is 0 Å². The molecule has 0 aliphatic heterocycles. The fraction of sp³-hybridized carbons (Fsp3) is 0.571. The molecule has 112 valence electrons. The first-order valence-electron chi connectivity index (χ1n) is 6.66. The average Bonchev–Trinajstić information content (AvgIpc) is 2.43. The fourth-order valence-corrected chi connectivity index (χ4v) is 4.33. The van der Waals surface area contributed by atoms with Gasteiger partial charge in [0.1, 0.15) is 0 Å². The van der Waals surface area contributed by atoms with Crippen molar-refractivity contribution in [1.29, 1.82) is 0 Å². The lowest BCUT2D eigenvalue weighted by Crippen LogP contribution is -2.61. The Morgan fingerprint density at radius 3 is 2.60 bits per heavy atom. The fourth-order valence-electron chi connectivity index (χ4n) is 2.67. The van der Waals surface area contributed by atoms with E-state index in [1.54, 1.807) is 31.4 Å². The summed E-state index contributed by atoms with van der Waals surface area (Å²) in [6.07, 6.45) is 0.771. The van der Waals surface area contributed by atoms with Gasteiger partial charge in [0.15, 0.2) is 0 Å². The monoisotopic (exact) mass is 298 g/mol. The first-order valence-corrected chi connectivity index (χ1v) is 8.14. The standard InChI is InChI=1S/C14H22N2O3S/c1-14(2)12(8-13(14)19-3)16-20(17,18)11-7-5-4-6-10(11)9-15/h4-7,12-13,16H,8-9,15H2,1-3H3. The third kappa shape index (κ3) is 2.61. The van der Waals surface area contributed by atoms with E-state index in [0.717, 1.165) is 0 Å². The van der Waals surface area contributed by atoms with E-state index >= 15 is 0 Å². The van der Waals surface area contributed by atoms with Gasteiger partial charge in [-0.15, -0.1) is 0 Å². The van der Waals surface area contributed by atoms with Crippen LogP contribution < -0.4 is 10.5 Å². The zero-order valence-corrected chi connectivity index (χ0v) is 12.9. The normalized spacial score (nSPS) is 25.2. The molecule has 1 aliphatic carbocycles. The largest absolute Gasteiger partial charge is 0.381 e. The quantitative estimate of drug-likeness (QED) is 0.857. The first kappa shape index (κ1) is 15.4. The first-order chi connectivity index (χ1) is 9.32. The van der Waals surface area contributed by atoms with Gasteiger partial charge >= 0.3 is 0 Å². The summed E-state index contributed by atoms with van der Waals surface area (Å²) in [5.74, 6) is 0. The molecule has 1 saturated carbocycles. The molecule has 0 amide bonds. The van der Waals surface area contributed by atoms with Crippen LogP contribution in [0.2, 0.25) is 0 Å². The molecule has 6 heteroatoms. The number of ether oxygens (including phenoxy) is 1. The molecule has 0 aromatic heterocycles. The summed E-state index contributed by atoms with van der Waals surface area (Å²) in [4.78, 5) is 0.263. The van der Waals surface area contributed by atoms with Gasteiger partial charge in [-0.1, -0.05) is 32.0 Å². The second-order valence-corrected chi connectivity index (χ2v) is 7.45. The molecule has 2 unspecified atom stereocenters. The predicted octanol–water partition coefficient (Wildman–Crippen LogP) is 1.24. The summed E-state index contributed by atoms with van der Waals surface area (Å²) in [5, 5.41) is 0. The third-order valence-corrected chi connectivity index (χ3v) is 5.81. The predicted molar refractivity (Wildman–Crippen MR) is 77.6 cm³/mol. The van der Waals surface area contributed by atoms with E-state index in [9.17, 15) is 8.42 Å². The third-order valence-electron chi connectivity index (χ3n) is 4.24. The van der Waals surface area contributed by atoms with E-state index < -0.39 is 10.0 Å². The molecular formula is C14H22N2O3S. The molecule has 0 bridgehead atoms. The molecular weight excluding hydrogens is 276 g/mol. The van der Waals surface area contributed by atoms with E-state index in [1.807, 2.05) is 13.8 Å². The van der Waals surface area contributed by atoms with Crippen LogP contribution in [0.1, 0.15) is 25.8 Å². The van der Waals surface area contributed by atoms with Crippen LogP contribution in [0.25, 0.3) is 0 Å². The number of hydrogen-bond acceptors (Lipinski definition) is 4. The van der Waals surface area contributed by atoms with Gasteiger partial charge in [0.25, 0.3) is 0 Å². The number of nitrogens with one attached hydrogen (secondary N) is 1. The minimum absolute atomic E-state index is 0.0833. The molecule has 3 N–H and O–H groups in total. The zero-order valence-electron chi connectivity index (χ0n) is 12.1. The van der Waals surface area contributed by atoms with Crippen molar-refractivity contribution >= 4 is 10.0 Å². The molecule has 2 atom stereocenters. The van der Waals surface area contributed by atoms with Crippen LogP contribution in [0, 0.1) is 5.41 Å². The van der Waals surface area contributed by atoms with E-state index in [0.29, 0.717) is 12.0 Å². The van der Waals surface area contributed by atoms with Gasteiger partial charge in [0, 0.05) is 25.1 Å². The van der Waals surface area contributed by atoms with Gasteiger partial charge in [-0.25, -0.2) is 13.1 Å². The number of hydrogen-bond donors (Lipinski definition) is 2. The van der Waals surface area contributed by atoms with E-state index in [-0.39, 0.29) is 29.0 Å². The Kier molecular flexibility index (Phi) is 4.20. The number of benzene rings is 1. The lowest BCUT2D eigenvalue weighted by Gasteiger charge is -2.51. The van der Waals surface area contributed by atoms with Gasteiger partial charge in [-0.3, -0.25) is 0 Å². The Hall–Kier alpha value is -0.950. The Balaban J connectivity index is 2.21. The van der Waals surface area contributed by atoms with Crippen molar-refractivity contribution < 1.29 is 13.2 Å². The number of methoxy groups -OCH3 is 1. The van der Waals surface area contributed by atoms with Crippen LogP contribution in [0.15, 0.2) is 29.2 Å². The highest BCUT2D eigenvalue weighted by molar-refractivity contribution is 7.89. The number of nitrogens with two attached hydrogens (primary N) is 1. The summed E-state index contributed by atoms with van der Waals surface area (Å²) in [6, 6.07) is 6.69. The second-order valence-electron chi connectivity index (χ2n) is 5.77. The van der Waals surface area contributed by atoms with Crippen LogP contribution in [-0.2, 0) is 21.3 Å². The van der Waals surface area contributed by atoms with Gasteiger partial charge in [-0.05, 0) is 18.1 Å². The Labute approximate surface area is 120 Å². The lowest BCUT2D eigenvalue weighted by molar-refractivity contribution is -0.0908. The molecule has 0 saturated heterocycles. The highest BCUT2D eigenvalue weighted by Crippen LogP contribution is 2.43. The lowest BCUT2D eigenvalue weighted by atomic mass is 9.65. The van der Waals surface area contributed by atoms with Crippen molar-refractivity contribution in [3.63, 3.8) is 0 Å². The van der Waals surface area contributed by atoms with Crippen molar-refractivity contribution in [3.8, 4) is 0 Å². The van der Waals surface area contributed by atoms with Crippen LogP contribution in [0.4, 0.5) is 0 Å². The molecule has 2 rings (SSSR count). The molecule has 5 nitrogen and oxygen atoms in total. The maximum Gasteiger partial charge on any atom is 0.241 e. The number of sulfonamides is 1. The summed E-state index contributed by atoms with van der Waals surface area (Å²) < 4.78 is 33.1. The van der Waals surface area contributed by atoms with Crippen molar-refractivity contribution in [2.75, 3.05) is 7.11 Å². The Morgan fingerprint density at radius 2 is 2.05 bits per heavy atom.